The van der Waals surface area contributed by atoms with Crippen molar-refractivity contribution in [3.63, 3.8) is 0 Å². The van der Waals surface area contributed by atoms with Crippen LogP contribution in [-0.4, -0.2) is 26.5 Å². The van der Waals surface area contributed by atoms with Gasteiger partial charge in [0.25, 0.3) is 0 Å². The van der Waals surface area contributed by atoms with Crippen molar-refractivity contribution in [3.8, 4) is 0 Å². The van der Waals surface area contributed by atoms with Gasteiger partial charge in [-0.15, -0.1) is 5.10 Å². The molecule has 1 N–H and O–H groups in total. The van der Waals surface area contributed by atoms with Gasteiger partial charge in [0.15, 0.2) is 0 Å². The molecule has 2 aromatic heterocycles. The molecule has 1 unspecified atom stereocenters. The Bertz CT molecular complexity index is 535. The highest BCUT2D eigenvalue weighted by molar-refractivity contribution is 5.27. The lowest BCUT2D eigenvalue weighted by Crippen LogP contribution is -2.26. The normalized spacial score (nSPS) is 12.6. The zero-order chi connectivity index (χ0) is 14.4. The first-order valence-corrected chi connectivity index (χ1v) is 7.30. The van der Waals surface area contributed by atoms with Gasteiger partial charge in [0.1, 0.15) is 0 Å². The zero-order valence-corrected chi connectivity index (χ0v) is 12.5. The Morgan fingerprint density at radius 3 is 2.85 bits per heavy atom. The Hall–Kier alpha value is -1.75. The van der Waals surface area contributed by atoms with Crippen molar-refractivity contribution in [2.45, 2.75) is 46.2 Å². The van der Waals surface area contributed by atoms with Crippen LogP contribution in [0, 0.1) is 6.92 Å². The van der Waals surface area contributed by atoms with E-state index in [0.717, 1.165) is 37.3 Å². The molecule has 0 aliphatic rings. The van der Waals surface area contributed by atoms with Crippen molar-refractivity contribution in [1.82, 2.24) is 25.3 Å². The molecule has 0 bridgehead atoms. The van der Waals surface area contributed by atoms with Gasteiger partial charge in [0.05, 0.1) is 17.9 Å². The summed E-state index contributed by atoms with van der Waals surface area (Å²) in [5.74, 6) is 0. The van der Waals surface area contributed by atoms with Gasteiger partial charge < -0.3 is 5.32 Å². The van der Waals surface area contributed by atoms with Crippen LogP contribution in [0.4, 0.5) is 0 Å². The van der Waals surface area contributed by atoms with Crippen LogP contribution in [0.5, 0.6) is 0 Å². The molecule has 20 heavy (non-hydrogen) atoms. The summed E-state index contributed by atoms with van der Waals surface area (Å²) >= 11 is 0. The summed E-state index contributed by atoms with van der Waals surface area (Å²) < 4.78 is 1.99. The highest BCUT2D eigenvalue weighted by Crippen LogP contribution is 2.21. The number of hydrogen-bond donors (Lipinski definition) is 1. The number of aryl methyl sites for hydroxylation is 2. The van der Waals surface area contributed by atoms with Crippen LogP contribution in [0.1, 0.15) is 49.7 Å². The number of rotatable bonds is 7. The monoisotopic (exact) mass is 273 g/mol. The van der Waals surface area contributed by atoms with Gasteiger partial charge in [-0.3, -0.25) is 4.98 Å². The van der Waals surface area contributed by atoms with E-state index in [9.17, 15) is 0 Å². The third kappa shape index (κ3) is 3.42. The van der Waals surface area contributed by atoms with Gasteiger partial charge >= 0.3 is 0 Å². The molecule has 2 rings (SSSR count). The van der Waals surface area contributed by atoms with Crippen LogP contribution in [0.3, 0.4) is 0 Å². The summed E-state index contributed by atoms with van der Waals surface area (Å²) in [6.45, 7) is 8.19. The van der Waals surface area contributed by atoms with Crippen molar-refractivity contribution in [3.05, 3.63) is 41.5 Å². The fourth-order valence-corrected chi connectivity index (χ4v) is 2.30. The van der Waals surface area contributed by atoms with E-state index in [0.29, 0.717) is 0 Å². The molecule has 0 radical (unpaired) electrons. The molecule has 108 valence electrons. The van der Waals surface area contributed by atoms with Gasteiger partial charge in [-0.1, -0.05) is 19.1 Å². The molecule has 2 heterocycles. The number of nitrogens with one attached hydrogen (secondary N) is 1. The predicted octanol–water partition coefficient (Wildman–Crippen LogP) is 2.48. The lowest BCUT2D eigenvalue weighted by atomic mass is 10.0. The lowest BCUT2D eigenvalue weighted by molar-refractivity contribution is 0.504. The molecule has 0 fully saturated rings. The van der Waals surface area contributed by atoms with Crippen LogP contribution in [0.2, 0.25) is 0 Å². The lowest BCUT2D eigenvalue weighted by Gasteiger charge is -2.20. The van der Waals surface area contributed by atoms with Gasteiger partial charge in [-0.05, 0) is 44.0 Å². The van der Waals surface area contributed by atoms with E-state index in [1.54, 1.807) is 0 Å². The van der Waals surface area contributed by atoms with Gasteiger partial charge in [-0.2, -0.15) is 0 Å². The van der Waals surface area contributed by atoms with E-state index in [4.69, 9.17) is 0 Å². The summed E-state index contributed by atoms with van der Waals surface area (Å²) in [6.07, 6.45) is 5.86. The summed E-state index contributed by atoms with van der Waals surface area (Å²) in [6, 6.07) is 4.30. The smallest absolute Gasteiger partial charge is 0.0802 e. The molecular weight excluding hydrogens is 250 g/mol. The number of aromatic nitrogens is 4. The topological polar surface area (TPSA) is 55.6 Å². The van der Waals surface area contributed by atoms with Gasteiger partial charge in [0, 0.05) is 18.4 Å². The molecule has 0 saturated heterocycles. The second-order valence-electron chi connectivity index (χ2n) is 5.00. The van der Waals surface area contributed by atoms with E-state index in [1.807, 2.05) is 24.0 Å². The van der Waals surface area contributed by atoms with E-state index >= 15 is 0 Å². The third-order valence-electron chi connectivity index (χ3n) is 3.23. The Balaban J connectivity index is 2.33. The molecule has 0 spiro atoms. The largest absolute Gasteiger partial charge is 0.305 e. The maximum atomic E-state index is 4.28. The van der Waals surface area contributed by atoms with Crippen molar-refractivity contribution < 1.29 is 0 Å². The van der Waals surface area contributed by atoms with E-state index < -0.39 is 0 Å². The standard InChI is InChI=1S/C15H23N5/c1-4-7-17-15(13-6-8-16-12(3)10-13)14-11-18-19-20(14)9-5-2/h6,8,10-11,15,17H,4-5,7,9H2,1-3H3. The average molecular weight is 273 g/mol. The second kappa shape index (κ2) is 7.14. The molecule has 0 aliphatic heterocycles. The molecule has 0 saturated carbocycles. The first-order valence-electron chi connectivity index (χ1n) is 7.30. The first kappa shape index (κ1) is 14.7. The van der Waals surface area contributed by atoms with Crippen molar-refractivity contribution >= 4 is 0 Å². The maximum absolute atomic E-state index is 4.28. The van der Waals surface area contributed by atoms with Gasteiger partial charge in [-0.25, -0.2) is 4.68 Å². The minimum absolute atomic E-state index is 0.123. The molecule has 0 aromatic carbocycles. The molecule has 1 atom stereocenters. The van der Waals surface area contributed by atoms with E-state index in [2.05, 4.69) is 46.6 Å². The van der Waals surface area contributed by atoms with Crippen LogP contribution in [0.25, 0.3) is 0 Å². The molecule has 0 aliphatic carbocycles. The summed E-state index contributed by atoms with van der Waals surface area (Å²) in [5, 5.41) is 11.9. The highest BCUT2D eigenvalue weighted by atomic mass is 15.4. The summed E-state index contributed by atoms with van der Waals surface area (Å²) in [4.78, 5) is 4.28. The maximum Gasteiger partial charge on any atom is 0.0802 e. The second-order valence-corrected chi connectivity index (χ2v) is 5.00. The fourth-order valence-electron chi connectivity index (χ4n) is 2.30. The Morgan fingerprint density at radius 2 is 2.15 bits per heavy atom. The Labute approximate surface area is 120 Å². The molecule has 0 amide bonds. The molecule has 2 aromatic rings. The molecular formula is C15H23N5. The van der Waals surface area contributed by atoms with Crippen molar-refractivity contribution in [2.24, 2.45) is 0 Å². The minimum Gasteiger partial charge on any atom is -0.305 e. The average Bonchev–Trinajstić information content (AvgIpc) is 2.88. The fraction of sp³-hybridized carbons (Fsp3) is 0.533. The molecule has 5 heteroatoms. The SMILES string of the molecule is CCCNC(c1ccnc(C)c1)c1cnnn1CCC. The van der Waals surface area contributed by atoms with E-state index in [-0.39, 0.29) is 6.04 Å². The Morgan fingerprint density at radius 1 is 1.30 bits per heavy atom. The van der Waals surface area contributed by atoms with Crippen LogP contribution in [-0.2, 0) is 6.54 Å². The predicted molar refractivity (Wildman–Crippen MR) is 79.4 cm³/mol. The number of nitrogens with zero attached hydrogens (tertiary/aromatic N) is 4. The summed E-state index contributed by atoms with van der Waals surface area (Å²) in [5.41, 5.74) is 3.36. The molecule has 5 nitrogen and oxygen atoms in total. The Kier molecular flexibility index (Phi) is 5.24. The van der Waals surface area contributed by atoms with Crippen molar-refractivity contribution in [2.75, 3.05) is 6.54 Å². The van der Waals surface area contributed by atoms with E-state index in [1.165, 1.54) is 5.56 Å². The quantitative estimate of drug-likeness (QED) is 0.842. The zero-order valence-electron chi connectivity index (χ0n) is 12.5. The summed E-state index contributed by atoms with van der Waals surface area (Å²) in [7, 11) is 0. The van der Waals surface area contributed by atoms with Crippen LogP contribution in [0.15, 0.2) is 24.5 Å². The van der Waals surface area contributed by atoms with Crippen LogP contribution < -0.4 is 5.32 Å². The highest BCUT2D eigenvalue weighted by Gasteiger charge is 2.18. The minimum atomic E-state index is 0.123. The van der Waals surface area contributed by atoms with Gasteiger partial charge in [0.2, 0.25) is 0 Å². The third-order valence-corrected chi connectivity index (χ3v) is 3.23. The number of pyridine rings is 1. The van der Waals surface area contributed by atoms with Crippen molar-refractivity contribution in [1.29, 1.82) is 0 Å². The number of hydrogen-bond acceptors (Lipinski definition) is 4. The first-order chi connectivity index (χ1) is 9.76. The van der Waals surface area contributed by atoms with Crippen LogP contribution >= 0.6 is 0 Å².